The van der Waals surface area contributed by atoms with E-state index in [1.807, 2.05) is 29.2 Å². The van der Waals surface area contributed by atoms with Crippen LogP contribution in [0.2, 0.25) is 0 Å². The Kier molecular flexibility index (Phi) is 6.46. The number of alkyl halides is 3. The molecule has 0 spiro atoms. The Morgan fingerprint density at radius 1 is 1.17 bits per heavy atom. The van der Waals surface area contributed by atoms with E-state index in [1.54, 1.807) is 7.11 Å². The number of piperidine rings is 1. The van der Waals surface area contributed by atoms with Crippen molar-refractivity contribution in [1.82, 2.24) is 15.6 Å². The highest BCUT2D eigenvalue weighted by Gasteiger charge is 2.31. The standard InChI is InChI=1S/C20H23F3N4O2/c1-29-17-5-2-14(3-6-17)12-25-19(28)26-16-8-10-27(11-9-16)18-7-4-15(13-24-18)20(21,22)23/h2-7,13,16H,8-12H2,1H3,(H2,25,26,28). The number of ether oxygens (including phenoxy) is 1. The lowest BCUT2D eigenvalue weighted by molar-refractivity contribution is -0.137. The zero-order chi connectivity index (χ0) is 20.9. The minimum Gasteiger partial charge on any atom is -0.497 e. The smallest absolute Gasteiger partial charge is 0.417 e. The molecular weight excluding hydrogens is 385 g/mol. The second kappa shape index (κ2) is 9.02. The van der Waals surface area contributed by atoms with Crippen LogP contribution in [0.5, 0.6) is 5.75 Å². The van der Waals surface area contributed by atoms with Gasteiger partial charge in [0.05, 0.1) is 12.7 Å². The van der Waals surface area contributed by atoms with E-state index in [0.717, 1.165) is 23.6 Å². The molecule has 9 heteroatoms. The zero-order valence-corrected chi connectivity index (χ0v) is 16.0. The molecule has 2 N–H and O–H groups in total. The van der Waals surface area contributed by atoms with E-state index >= 15 is 0 Å². The molecule has 29 heavy (non-hydrogen) atoms. The number of pyridine rings is 1. The first kappa shape index (κ1) is 20.8. The number of urea groups is 1. The Morgan fingerprint density at radius 2 is 1.86 bits per heavy atom. The quantitative estimate of drug-likeness (QED) is 0.794. The van der Waals surface area contributed by atoms with Gasteiger partial charge in [0.25, 0.3) is 0 Å². The Balaban J connectivity index is 1.42. The van der Waals surface area contributed by atoms with E-state index in [-0.39, 0.29) is 12.1 Å². The van der Waals surface area contributed by atoms with Gasteiger partial charge in [-0.15, -0.1) is 0 Å². The van der Waals surface area contributed by atoms with E-state index in [1.165, 1.54) is 6.07 Å². The van der Waals surface area contributed by atoms with Gasteiger partial charge in [0.2, 0.25) is 0 Å². The van der Waals surface area contributed by atoms with Gasteiger partial charge in [-0.3, -0.25) is 0 Å². The molecule has 0 aliphatic carbocycles. The van der Waals surface area contributed by atoms with Gasteiger partial charge in [-0.25, -0.2) is 9.78 Å². The van der Waals surface area contributed by atoms with Crippen LogP contribution in [0.15, 0.2) is 42.6 Å². The Labute approximate surface area is 167 Å². The molecular formula is C20H23F3N4O2. The van der Waals surface area contributed by atoms with Crippen LogP contribution in [0.25, 0.3) is 0 Å². The van der Waals surface area contributed by atoms with Crippen molar-refractivity contribution in [2.75, 3.05) is 25.1 Å². The van der Waals surface area contributed by atoms with Crippen molar-refractivity contribution < 1.29 is 22.7 Å². The van der Waals surface area contributed by atoms with Crippen LogP contribution in [0.3, 0.4) is 0 Å². The number of nitrogens with one attached hydrogen (secondary N) is 2. The van der Waals surface area contributed by atoms with Crippen LogP contribution in [0, 0.1) is 0 Å². The van der Waals surface area contributed by atoms with Crippen molar-refractivity contribution in [2.45, 2.75) is 31.6 Å². The topological polar surface area (TPSA) is 66.5 Å². The summed E-state index contributed by atoms with van der Waals surface area (Å²) in [6, 6.07) is 9.63. The number of methoxy groups -OCH3 is 1. The molecule has 1 aliphatic rings. The zero-order valence-electron chi connectivity index (χ0n) is 16.0. The SMILES string of the molecule is COc1ccc(CNC(=O)NC2CCN(c3ccc(C(F)(F)F)cn3)CC2)cc1. The van der Waals surface area contributed by atoms with Crippen molar-refractivity contribution in [3.05, 3.63) is 53.7 Å². The molecule has 0 radical (unpaired) electrons. The van der Waals surface area contributed by atoms with E-state index in [2.05, 4.69) is 15.6 Å². The summed E-state index contributed by atoms with van der Waals surface area (Å²) in [5.74, 6) is 1.27. The largest absolute Gasteiger partial charge is 0.497 e. The maximum absolute atomic E-state index is 12.6. The highest BCUT2D eigenvalue weighted by molar-refractivity contribution is 5.74. The fourth-order valence-corrected chi connectivity index (χ4v) is 3.16. The summed E-state index contributed by atoms with van der Waals surface area (Å²) in [4.78, 5) is 18.0. The first-order valence-electron chi connectivity index (χ1n) is 9.30. The van der Waals surface area contributed by atoms with Crippen molar-refractivity contribution in [3.8, 4) is 5.75 Å². The molecule has 0 saturated carbocycles. The van der Waals surface area contributed by atoms with Crippen LogP contribution in [-0.2, 0) is 12.7 Å². The minimum atomic E-state index is -4.39. The molecule has 1 fully saturated rings. The lowest BCUT2D eigenvalue weighted by atomic mass is 10.1. The lowest BCUT2D eigenvalue weighted by Crippen LogP contribution is -2.48. The number of amides is 2. The summed E-state index contributed by atoms with van der Waals surface area (Å²) in [6.07, 6.45) is -2.15. The molecule has 2 heterocycles. The third kappa shape index (κ3) is 5.75. The number of hydrogen-bond donors (Lipinski definition) is 2. The molecule has 1 saturated heterocycles. The van der Waals surface area contributed by atoms with Crippen LogP contribution in [-0.4, -0.2) is 37.3 Å². The molecule has 1 aromatic carbocycles. The number of rotatable bonds is 5. The van der Waals surface area contributed by atoms with Gasteiger partial charge in [-0.05, 0) is 42.7 Å². The molecule has 0 atom stereocenters. The third-order valence-corrected chi connectivity index (χ3v) is 4.84. The van der Waals surface area contributed by atoms with Crippen molar-refractivity contribution in [1.29, 1.82) is 0 Å². The Hall–Kier alpha value is -2.97. The Bertz CT molecular complexity index is 802. The van der Waals surface area contributed by atoms with Crippen molar-refractivity contribution in [2.24, 2.45) is 0 Å². The highest BCUT2D eigenvalue weighted by atomic mass is 19.4. The van der Waals surface area contributed by atoms with Crippen molar-refractivity contribution >= 4 is 11.8 Å². The summed E-state index contributed by atoms with van der Waals surface area (Å²) >= 11 is 0. The molecule has 1 aromatic heterocycles. The lowest BCUT2D eigenvalue weighted by Gasteiger charge is -2.33. The Morgan fingerprint density at radius 3 is 2.41 bits per heavy atom. The van der Waals surface area contributed by atoms with Crippen LogP contribution in [0.4, 0.5) is 23.8 Å². The number of hydrogen-bond acceptors (Lipinski definition) is 4. The average Bonchev–Trinajstić information content (AvgIpc) is 2.73. The first-order chi connectivity index (χ1) is 13.8. The second-order valence-corrected chi connectivity index (χ2v) is 6.84. The number of nitrogens with zero attached hydrogens (tertiary/aromatic N) is 2. The molecule has 0 unspecified atom stereocenters. The van der Waals surface area contributed by atoms with Crippen LogP contribution >= 0.6 is 0 Å². The number of anilines is 1. The summed E-state index contributed by atoms with van der Waals surface area (Å²) in [7, 11) is 1.60. The second-order valence-electron chi connectivity index (χ2n) is 6.84. The van der Waals surface area contributed by atoms with E-state index in [0.29, 0.717) is 38.3 Å². The molecule has 2 aromatic rings. The molecule has 2 amide bonds. The van der Waals surface area contributed by atoms with Gasteiger partial charge in [-0.2, -0.15) is 13.2 Å². The molecule has 156 valence electrons. The minimum absolute atomic E-state index is 0.0107. The maximum Gasteiger partial charge on any atom is 0.417 e. The summed E-state index contributed by atoms with van der Waals surface area (Å²) in [5, 5.41) is 5.77. The summed E-state index contributed by atoms with van der Waals surface area (Å²) < 4.78 is 43.0. The number of halogens is 3. The fourth-order valence-electron chi connectivity index (χ4n) is 3.16. The molecule has 3 rings (SSSR count). The van der Waals surface area contributed by atoms with Crippen LogP contribution in [0.1, 0.15) is 24.0 Å². The van der Waals surface area contributed by atoms with Gasteiger partial charge in [0, 0.05) is 31.9 Å². The fraction of sp³-hybridized carbons (Fsp3) is 0.400. The van der Waals surface area contributed by atoms with Crippen molar-refractivity contribution in [3.63, 3.8) is 0 Å². The molecule has 0 bridgehead atoms. The summed E-state index contributed by atoms with van der Waals surface area (Å²) in [5.41, 5.74) is 0.204. The van der Waals surface area contributed by atoms with Gasteiger partial charge in [0.15, 0.2) is 0 Å². The molecule has 6 nitrogen and oxygen atoms in total. The maximum atomic E-state index is 12.6. The van der Waals surface area contributed by atoms with E-state index < -0.39 is 11.7 Å². The van der Waals surface area contributed by atoms with E-state index in [9.17, 15) is 18.0 Å². The number of aromatic nitrogens is 1. The van der Waals surface area contributed by atoms with Gasteiger partial charge in [0.1, 0.15) is 11.6 Å². The monoisotopic (exact) mass is 408 g/mol. The average molecular weight is 408 g/mol. The third-order valence-electron chi connectivity index (χ3n) is 4.84. The first-order valence-corrected chi connectivity index (χ1v) is 9.30. The van der Waals surface area contributed by atoms with E-state index in [4.69, 9.17) is 4.74 Å². The number of benzene rings is 1. The summed E-state index contributed by atoms with van der Waals surface area (Å²) in [6.45, 7) is 1.63. The predicted octanol–water partition coefficient (Wildman–Crippen LogP) is 3.58. The number of carbonyl (C=O) groups is 1. The number of carbonyl (C=O) groups excluding carboxylic acids is 1. The van der Waals surface area contributed by atoms with Gasteiger partial charge in [-0.1, -0.05) is 12.1 Å². The normalized spacial score (nSPS) is 15.1. The van der Waals surface area contributed by atoms with Crippen LogP contribution < -0.4 is 20.3 Å². The van der Waals surface area contributed by atoms with Gasteiger partial charge < -0.3 is 20.3 Å². The predicted molar refractivity (Wildman–Crippen MR) is 103 cm³/mol. The molecule has 1 aliphatic heterocycles. The van der Waals surface area contributed by atoms with Gasteiger partial charge >= 0.3 is 12.2 Å². The highest BCUT2D eigenvalue weighted by Crippen LogP contribution is 2.29.